The lowest BCUT2D eigenvalue weighted by Gasteiger charge is -2.11. The molecule has 0 bridgehead atoms. The Morgan fingerprint density at radius 3 is 2.25 bits per heavy atom. The minimum absolute atomic E-state index is 0. The first kappa shape index (κ1) is 15.3. The summed E-state index contributed by atoms with van der Waals surface area (Å²) < 4.78 is 4.46. The van der Waals surface area contributed by atoms with Crippen LogP contribution in [0, 0.1) is 0 Å². The first-order valence-corrected chi connectivity index (χ1v) is 4.74. The molecule has 1 rings (SSSR count). The van der Waals surface area contributed by atoms with E-state index in [-0.39, 0.29) is 28.2 Å². The van der Waals surface area contributed by atoms with Gasteiger partial charge in [-0.3, -0.25) is 4.79 Å². The van der Waals surface area contributed by atoms with E-state index in [1.807, 2.05) is 0 Å². The highest BCUT2D eigenvalue weighted by molar-refractivity contribution is 6.37. The van der Waals surface area contributed by atoms with Crippen LogP contribution in [0.1, 0.15) is 11.6 Å². The molecule has 16 heavy (non-hydrogen) atoms. The zero-order chi connectivity index (χ0) is 11.6. The number of benzene rings is 1. The maximum atomic E-state index is 11.1. The Bertz CT molecular complexity index is 375. The van der Waals surface area contributed by atoms with Gasteiger partial charge in [-0.25, -0.2) is 0 Å². The second-order valence-electron chi connectivity index (χ2n) is 2.83. The van der Waals surface area contributed by atoms with E-state index < -0.39 is 12.0 Å². The van der Waals surface area contributed by atoms with Crippen molar-refractivity contribution in [2.45, 2.75) is 6.04 Å². The van der Waals surface area contributed by atoms with Gasteiger partial charge in [0.1, 0.15) is 6.04 Å². The van der Waals surface area contributed by atoms with Crippen molar-refractivity contribution < 1.29 is 14.6 Å². The van der Waals surface area contributed by atoms with Crippen LogP contribution in [-0.2, 0) is 9.53 Å². The molecule has 3 N–H and O–H groups in total. The first-order valence-electron chi connectivity index (χ1n) is 3.98. The quantitative estimate of drug-likeness (QED) is 0.818. The molecule has 0 heterocycles. The maximum Gasteiger partial charge on any atom is 0.327 e. The van der Waals surface area contributed by atoms with Gasteiger partial charge >= 0.3 is 5.97 Å². The fourth-order valence-electron chi connectivity index (χ4n) is 1.03. The summed E-state index contributed by atoms with van der Waals surface area (Å²) in [4.78, 5) is 11.1. The number of rotatable bonds is 2. The fourth-order valence-corrected chi connectivity index (χ4v) is 1.53. The van der Waals surface area contributed by atoms with E-state index in [4.69, 9.17) is 28.9 Å². The molecule has 4 nitrogen and oxygen atoms in total. The Hall–Kier alpha value is -0.680. The summed E-state index contributed by atoms with van der Waals surface area (Å²) in [6, 6.07) is 1.76. The van der Waals surface area contributed by atoms with Crippen molar-refractivity contribution >= 4 is 41.6 Å². The minimum Gasteiger partial charge on any atom is -0.505 e. The third-order valence-corrected chi connectivity index (χ3v) is 2.43. The monoisotopic (exact) mass is 285 g/mol. The lowest BCUT2D eigenvalue weighted by molar-refractivity contribution is -0.142. The van der Waals surface area contributed by atoms with E-state index in [0.29, 0.717) is 5.56 Å². The van der Waals surface area contributed by atoms with Crippen molar-refractivity contribution in [3.05, 3.63) is 27.7 Å². The molecular formula is C9H10Cl3NO3. The summed E-state index contributed by atoms with van der Waals surface area (Å²) >= 11 is 11.3. The predicted octanol–water partition coefficient (Wildman–Crippen LogP) is 2.29. The number of ether oxygens (including phenoxy) is 1. The molecule has 0 radical (unpaired) electrons. The Morgan fingerprint density at radius 1 is 1.44 bits per heavy atom. The van der Waals surface area contributed by atoms with Crippen molar-refractivity contribution in [3.63, 3.8) is 0 Å². The molecule has 0 amide bonds. The number of carbonyl (C=O) groups excluding carboxylic acids is 1. The average molecular weight is 287 g/mol. The molecule has 1 aromatic rings. The molecule has 0 aliphatic rings. The average Bonchev–Trinajstić information content (AvgIpc) is 2.23. The molecule has 1 atom stereocenters. The summed E-state index contributed by atoms with van der Waals surface area (Å²) in [6.07, 6.45) is 0. The number of aromatic hydroxyl groups is 1. The number of esters is 1. The lowest BCUT2D eigenvalue weighted by atomic mass is 10.1. The van der Waals surface area contributed by atoms with E-state index in [1.54, 1.807) is 0 Å². The highest BCUT2D eigenvalue weighted by Gasteiger charge is 2.18. The SMILES string of the molecule is COC(=O)[C@@H](N)c1cc(Cl)c(O)c(Cl)c1.Cl. The smallest absolute Gasteiger partial charge is 0.327 e. The second-order valence-corrected chi connectivity index (χ2v) is 3.65. The Morgan fingerprint density at radius 2 is 1.88 bits per heavy atom. The third kappa shape index (κ3) is 3.15. The molecule has 7 heteroatoms. The molecule has 0 aliphatic carbocycles. The molecule has 0 fully saturated rings. The molecule has 0 spiro atoms. The van der Waals surface area contributed by atoms with Crippen LogP contribution in [0.25, 0.3) is 0 Å². The molecule has 0 aromatic heterocycles. The van der Waals surface area contributed by atoms with Gasteiger partial charge in [0, 0.05) is 0 Å². The van der Waals surface area contributed by atoms with Gasteiger partial charge in [0.25, 0.3) is 0 Å². The van der Waals surface area contributed by atoms with Crippen molar-refractivity contribution in [1.29, 1.82) is 0 Å². The summed E-state index contributed by atoms with van der Waals surface area (Å²) in [5.74, 6) is -0.841. The molecule has 0 saturated carbocycles. The number of halogens is 3. The van der Waals surface area contributed by atoms with Gasteiger partial charge in [0.15, 0.2) is 5.75 Å². The van der Waals surface area contributed by atoms with Crippen molar-refractivity contribution in [1.82, 2.24) is 0 Å². The fraction of sp³-hybridized carbons (Fsp3) is 0.222. The van der Waals surface area contributed by atoms with Crippen molar-refractivity contribution in [2.24, 2.45) is 5.73 Å². The number of hydrogen-bond donors (Lipinski definition) is 2. The second kappa shape index (κ2) is 6.15. The largest absolute Gasteiger partial charge is 0.505 e. The summed E-state index contributed by atoms with van der Waals surface area (Å²) in [5, 5.41) is 9.36. The predicted molar refractivity (Wildman–Crippen MR) is 64.3 cm³/mol. The van der Waals surface area contributed by atoms with Crippen molar-refractivity contribution in [2.75, 3.05) is 7.11 Å². The maximum absolute atomic E-state index is 11.1. The first-order chi connectivity index (χ1) is 6.97. The van der Waals surface area contributed by atoms with Crippen LogP contribution in [0.4, 0.5) is 0 Å². The van der Waals surface area contributed by atoms with Gasteiger partial charge in [0.2, 0.25) is 0 Å². The van der Waals surface area contributed by atoms with Crippen LogP contribution >= 0.6 is 35.6 Å². The van der Waals surface area contributed by atoms with E-state index in [2.05, 4.69) is 4.74 Å². The normalized spacial score (nSPS) is 11.5. The topological polar surface area (TPSA) is 72.5 Å². The van der Waals surface area contributed by atoms with Gasteiger partial charge in [-0.15, -0.1) is 12.4 Å². The molecule has 0 saturated heterocycles. The zero-order valence-corrected chi connectivity index (χ0v) is 10.6. The van der Waals surface area contributed by atoms with E-state index in [9.17, 15) is 9.90 Å². The summed E-state index contributed by atoms with van der Waals surface area (Å²) in [7, 11) is 1.23. The molecule has 1 aromatic carbocycles. The van der Waals surface area contributed by atoms with Crippen LogP contribution in [0.3, 0.4) is 0 Å². The lowest BCUT2D eigenvalue weighted by Crippen LogP contribution is -2.22. The standard InChI is InChI=1S/C9H9Cl2NO3.ClH/c1-15-9(14)7(12)4-2-5(10)8(13)6(11)3-4;/h2-3,7,13H,12H2,1H3;1H/t7-;/m0./s1. The van der Waals surface area contributed by atoms with Crippen LogP contribution in [0.2, 0.25) is 10.0 Å². The number of methoxy groups -OCH3 is 1. The van der Waals surface area contributed by atoms with Gasteiger partial charge in [-0.05, 0) is 17.7 Å². The number of nitrogens with two attached hydrogens (primary N) is 1. The van der Waals surface area contributed by atoms with Gasteiger partial charge in [0.05, 0.1) is 17.2 Å². The Kier molecular flexibility index (Phi) is 5.89. The highest BCUT2D eigenvalue weighted by atomic mass is 35.5. The third-order valence-electron chi connectivity index (χ3n) is 1.85. The zero-order valence-electron chi connectivity index (χ0n) is 8.24. The summed E-state index contributed by atoms with van der Waals surface area (Å²) in [6.45, 7) is 0. The summed E-state index contributed by atoms with van der Waals surface area (Å²) in [5.41, 5.74) is 5.95. The van der Waals surface area contributed by atoms with Gasteiger partial charge in [-0.2, -0.15) is 0 Å². The Labute approximate surface area is 109 Å². The molecular weight excluding hydrogens is 276 g/mol. The number of hydrogen-bond acceptors (Lipinski definition) is 4. The van der Waals surface area contributed by atoms with E-state index in [1.165, 1.54) is 19.2 Å². The highest BCUT2D eigenvalue weighted by Crippen LogP contribution is 2.34. The molecule has 90 valence electrons. The minimum atomic E-state index is -0.967. The van der Waals surface area contributed by atoms with Crippen molar-refractivity contribution in [3.8, 4) is 5.75 Å². The van der Waals surface area contributed by atoms with Crippen LogP contribution in [0.15, 0.2) is 12.1 Å². The number of carbonyl (C=O) groups is 1. The number of phenols is 1. The Balaban J connectivity index is 0.00000225. The number of phenolic OH excluding ortho intramolecular Hbond substituents is 1. The molecule has 0 aliphatic heterocycles. The van der Waals surface area contributed by atoms with Gasteiger partial charge in [-0.1, -0.05) is 23.2 Å². The van der Waals surface area contributed by atoms with E-state index in [0.717, 1.165) is 0 Å². The van der Waals surface area contributed by atoms with Crippen LogP contribution in [-0.4, -0.2) is 18.2 Å². The van der Waals surface area contributed by atoms with Gasteiger partial charge < -0.3 is 15.6 Å². The van der Waals surface area contributed by atoms with Crippen LogP contribution < -0.4 is 5.73 Å². The van der Waals surface area contributed by atoms with Crippen LogP contribution in [0.5, 0.6) is 5.75 Å². The molecule has 0 unspecified atom stereocenters. The van der Waals surface area contributed by atoms with E-state index >= 15 is 0 Å².